The Balaban J connectivity index is 2.45. The molecule has 0 aliphatic heterocycles. The molecule has 0 radical (unpaired) electrons. The van der Waals surface area contributed by atoms with E-state index in [1.807, 2.05) is 0 Å². The van der Waals surface area contributed by atoms with Crippen molar-refractivity contribution in [1.29, 1.82) is 0 Å². The van der Waals surface area contributed by atoms with Crippen LogP contribution in [0.25, 0.3) is 0 Å². The molecule has 2 aromatic rings. The molecule has 21 heavy (non-hydrogen) atoms. The Hall–Kier alpha value is -0.800. The molecule has 0 spiro atoms. The zero-order valence-corrected chi connectivity index (χ0v) is 14.5. The molecule has 1 aromatic heterocycles. The minimum atomic E-state index is -4.00. The topological polar surface area (TPSA) is 95.1 Å². The summed E-state index contributed by atoms with van der Waals surface area (Å²) in [6.45, 7) is 1.16. The van der Waals surface area contributed by atoms with Crippen molar-refractivity contribution in [3.8, 4) is 0 Å². The molecular formula is C11H10BrCl2N3O3S. The number of hydrogen-bond donors (Lipinski definition) is 3. The second kappa shape index (κ2) is 6.13. The number of anilines is 1. The van der Waals surface area contributed by atoms with Crippen molar-refractivity contribution in [3.63, 3.8) is 0 Å². The van der Waals surface area contributed by atoms with Gasteiger partial charge in [0, 0.05) is 15.7 Å². The van der Waals surface area contributed by atoms with E-state index in [9.17, 15) is 13.5 Å². The van der Waals surface area contributed by atoms with Crippen molar-refractivity contribution in [2.75, 3.05) is 4.72 Å². The first-order valence-electron chi connectivity index (χ1n) is 5.59. The molecule has 0 atom stereocenters. The van der Waals surface area contributed by atoms with Crippen molar-refractivity contribution in [3.05, 3.63) is 37.9 Å². The molecule has 6 nitrogen and oxygen atoms in total. The van der Waals surface area contributed by atoms with E-state index >= 15 is 0 Å². The number of nitrogens with one attached hydrogen (secondary N) is 2. The predicted molar refractivity (Wildman–Crippen MR) is 84.2 cm³/mol. The van der Waals surface area contributed by atoms with Gasteiger partial charge in [-0.15, -0.1) is 0 Å². The van der Waals surface area contributed by atoms with Gasteiger partial charge in [-0.3, -0.25) is 9.82 Å². The van der Waals surface area contributed by atoms with Crippen LogP contribution in [0, 0.1) is 6.92 Å². The highest BCUT2D eigenvalue weighted by atomic mass is 79.9. The van der Waals surface area contributed by atoms with E-state index in [-0.39, 0.29) is 26.3 Å². The van der Waals surface area contributed by atoms with E-state index in [2.05, 4.69) is 30.8 Å². The van der Waals surface area contributed by atoms with Gasteiger partial charge in [0.25, 0.3) is 10.0 Å². The van der Waals surface area contributed by atoms with Crippen molar-refractivity contribution in [2.24, 2.45) is 0 Å². The lowest BCUT2D eigenvalue weighted by molar-refractivity contribution is 0.277. The Labute approximate surface area is 139 Å². The van der Waals surface area contributed by atoms with Crippen molar-refractivity contribution in [1.82, 2.24) is 10.2 Å². The normalized spacial score (nSPS) is 11.7. The van der Waals surface area contributed by atoms with Crippen LogP contribution in [0.5, 0.6) is 0 Å². The average Bonchev–Trinajstić information content (AvgIpc) is 2.81. The number of nitrogens with zero attached hydrogens (tertiary/aromatic N) is 1. The SMILES string of the molecule is Cc1[nH]nc(S(=O)(=O)Nc2ccc(Br)c(Cl)c2Cl)c1CO. The van der Waals surface area contributed by atoms with Gasteiger partial charge in [-0.1, -0.05) is 23.2 Å². The second-order valence-corrected chi connectivity index (χ2v) is 7.33. The Morgan fingerprint density at radius 1 is 1.38 bits per heavy atom. The van der Waals surface area contributed by atoms with Crippen LogP contribution < -0.4 is 4.72 Å². The van der Waals surface area contributed by atoms with Crippen molar-refractivity contribution in [2.45, 2.75) is 18.6 Å². The molecule has 0 amide bonds. The third kappa shape index (κ3) is 3.19. The molecular weight excluding hydrogens is 405 g/mol. The number of sulfonamides is 1. The average molecular weight is 415 g/mol. The summed E-state index contributed by atoms with van der Waals surface area (Å²) in [7, 11) is -4.00. The van der Waals surface area contributed by atoms with E-state index in [0.717, 1.165) is 0 Å². The van der Waals surface area contributed by atoms with Crippen LogP contribution >= 0.6 is 39.1 Å². The largest absolute Gasteiger partial charge is 0.392 e. The van der Waals surface area contributed by atoms with Crippen LogP contribution in [0.2, 0.25) is 10.0 Å². The standard InChI is InChI=1S/C11H10BrCl2N3O3S/c1-5-6(4-18)11(16-15-5)21(19,20)17-8-3-2-7(12)9(13)10(8)14/h2-3,17-18H,4H2,1H3,(H,15,16). The zero-order chi connectivity index (χ0) is 15.8. The van der Waals surface area contributed by atoms with Gasteiger partial charge in [0.1, 0.15) is 0 Å². The fourth-order valence-electron chi connectivity index (χ4n) is 1.64. The lowest BCUT2D eigenvalue weighted by Crippen LogP contribution is -2.15. The molecule has 0 aliphatic rings. The zero-order valence-electron chi connectivity index (χ0n) is 10.6. The monoisotopic (exact) mass is 413 g/mol. The lowest BCUT2D eigenvalue weighted by Gasteiger charge is -2.10. The Bertz CT molecular complexity index is 792. The van der Waals surface area contributed by atoms with Crippen LogP contribution in [-0.4, -0.2) is 23.7 Å². The number of aryl methyl sites for hydroxylation is 1. The molecule has 0 bridgehead atoms. The molecule has 0 saturated heterocycles. The molecule has 0 saturated carbocycles. The maximum absolute atomic E-state index is 12.3. The van der Waals surface area contributed by atoms with Crippen LogP contribution in [0.15, 0.2) is 21.6 Å². The third-order valence-corrected chi connectivity index (χ3v) is 5.83. The number of rotatable bonds is 4. The summed E-state index contributed by atoms with van der Waals surface area (Å²) in [5.41, 5.74) is 0.786. The summed E-state index contributed by atoms with van der Waals surface area (Å²) < 4.78 is 27.5. The number of H-pyrrole nitrogens is 1. The summed E-state index contributed by atoms with van der Waals surface area (Å²) in [5.74, 6) is 0. The molecule has 1 aromatic carbocycles. The van der Waals surface area contributed by atoms with Gasteiger partial charge in [-0.2, -0.15) is 13.5 Å². The van der Waals surface area contributed by atoms with E-state index in [4.69, 9.17) is 23.2 Å². The van der Waals surface area contributed by atoms with Crippen LogP contribution in [0.3, 0.4) is 0 Å². The molecule has 0 unspecified atom stereocenters. The van der Waals surface area contributed by atoms with Gasteiger partial charge < -0.3 is 5.11 Å². The number of hydrogen-bond acceptors (Lipinski definition) is 4. The maximum atomic E-state index is 12.3. The van der Waals surface area contributed by atoms with Crippen molar-refractivity contribution < 1.29 is 13.5 Å². The molecule has 2 rings (SSSR count). The maximum Gasteiger partial charge on any atom is 0.281 e. The number of aromatic amines is 1. The van der Waals surface area contributed by atoms with Gasteiger partial charge in [-0.25, -0.2) is 0 Å². The predicted octanol–water partition coefficient (Wildman–Crippen LogP) is 3.08. The summed E-state index contributed by atoms with van der Waals surface area (Å²) in [4.78, 5) is 0. The summed E-state index contributed by atoms with van der Waals surface area (Å²) in [6, 6.07) is 3.03. The molecule has 114 valence electrons. The first-order chi connectivity index (χ1) is 9.77. The smallest absolute Gasteiger partial charge is 0.281 e. The summed E-state index contributed by atoms with van der Waals surface area (Å²) in [5, 5.41) is 15.4. The highest BCUT2D eigenvalue weighted by Gasteiger charge is 2.25. The minimum absolute atomic E-state index is 0.0624. The van der Waals surface area contributed by atoms with Gasteiger partial charge in [0.2, 0.25) is 5.03 Å². The molecule has 3 N–H and O–H groups in total. The number of halogens is 3. The Morgan fingerprint density at radius 2 is 2.05 bits per heavy atom. The van der Waals surface area contributed by atoms with Gasteiger partial charge in [0.05, 0.1) is 22.3 Å². The van der Waals surface area contributed by atoms with Gasteiger partial charge >= 0.3 is 0 Å². The third-order valence-electron chi connectivity index (χ3n) is 2.73. The van der Waals surface area contributed by atoms with Gasteiger partial charge in [0.15, 0.2) is 0 Å². The Morgan fingerprint density at radius 3 is 2.67 bits per heavy atom. The molecule has 10 heteroatoms. The quantitative estimate of drug-likeness (QED) is 0.670. The minimum Gasteiger partial charge on any atom is -0.392 e. The van der Waals surface area contributed by atoms with E-state index in [1.54, 1.807) is 13.0 Å². The second-order valence-electron chi connectivity index (χ2n) is 4.12. The van der Waals surface area contributed by atoms with E-state index in [0.29, 0.717) is 10.2 Å². The lowest BCUT2D eigenvalue weighted by atomic mass is 10.3. The number of aromatic nitrogens is 2. The Kier molecular flexibility index (Phi) is 4.84. The molecule has 0 aliphatic carbocycles. The number of aliphatic hydroxyl groups excluding tert-OH is 1. The van der Waals surface area contributed by atoms with Crippen LogP contribution in [-0.2, 0) is 16.6 Å². The number of benzene rings is 1. The first kappa shape index (κ1) is 16.6. The summed E-state index contributed by atoms with van der Waals surface area (Å²) in [6.07, 6.45) is 0. The molecule has 0 fully saturated rings. The molecule has 1 heterocycles. The van der Waals surface area contributed by atoms with Crippen LogP contribution in [0.4, 0.5) is 5.69 Å². The van der Waals surface area contributed by atoms with E-state index in [1.165, 1.54) is 6.07 Å². The fraction of sp³-hybridized carbons (Fsp3) is 0.182. The van der Waals surface area contributed by atoms with Crippen LogP contribution in [0.1, 0.15) is 11.3 Å². The fourth-order valence-corrected chi connectivity index (χ4v) is 3.78. The highest BCUT2D eigenvalue weighted by Crippen LogP contribution is 2.36. The highest BCUT2D eigenvalue weighted by molar-refractivity contribution is 9.10. The number of aliphatic hydroxyl groups is 1. The van der Waals surface area contributed by atoms with Gasteiger partial charge in [-0.05, 0) is 35.0 Å². The summed E-state index contributed by atoms with van der Waals surface area (Å²) >= 11 is 15.1. The first-order valence-corrected chi connectivity index (χ1v) is 8.62. The van der Waals surface area contributed by atoms with Crippen molar-refractivity contribution >= 4 is 54.8 Å². The van der Waals surface area contributed by atoms with E-state index < -0.39 is 16.6 Å².